The molecule has 0 aromatic carbocycles. The molecule has 4 heteroatoms. The second kappa shape index (κ2) is 46.4. The molecule has 0 aromatic heterocycles. The number of amides is 1. The summed E-state index contributed by atoms with van der Waals surface area (Å²) in [5.74, 6) is -0.0979. The molecule has 0 radical (unpaired) electrons. The van der Waals surface area contributed by atoms with Crippen molar-refractivity contribution in [2.75, 3.05) is 6.61 Å². The first-order valence-corrected chi connectivity index (χ1v) is 23.1. The van der Waals surface area contributed by atoms with Crippen molar-refractivity contribution in [1.29, 1.82) is 0 Å². The summed E-state index contributed by atoms with van der Waals surface area (Å²) in [5, 5.41) is 23.0. The molecule has 0 aliphatic carbocycles. The number of carbonyl (C=O) groups excluding carboxylic acids is 1. The van der Waals surface area contributed by atoms with E-state index in [4.69, 9.17) is 0 Å². The summed E-state index contributed by atoms with van der Waals surface area (Å²) in [6.45, 7) is 4.16. The number of nitrogens with one attached hydrogen (secondary N) is 1. The van der Waals surface area contributed by atoms with Crippen LogP contribution in [0.3, 0.4) is 0 Å². The summed E-state index contributed by atoms with van der Waals surface area (Å²) < 4.78 is 0. The fraction of sp³-hybridized carbons (Fsp3) is 0.635. The molecule has 3 N–H and O–H groups in total. The maximum atomic E-state index is 12.4. The van der Waals surface area contributed by atoms with Crippen molar-refractivity contribution in [3.8, 4) is 0 Å². The number of unbranched alkanes of at least 4 members (excludes halogenated alkanes) is 17. The highest BCUT2D eigenvalue weighted by atomic mass is 16.3. The van der Waals surface area contributed by atoms with Crippen LogP contribution in [0.15, 0.2) is 109 Å². The van der Waals surface area contributed by atoms with Crippen LogP contribution in [0.2, 0.25) is 0 Å². The Kier molecular flexibility index (Phi) is 44.0. The Morgan fingerprint density at radius 2 is 0.804 bits per heavy atom. The van der Waals surface area contributed by atoms with Crippen molar-refractivity contribution in [3.05, 3.63) is 109 Å². The van der Waals surface area contributed by atoms with E-state index in [2.05, 4.69) is 116 Å². The molecular formula is C52H87NO3. The Morgan fingerprint density at radius 3 is 1.25 bits per heavy atom. The van der Waals surface area contributed by atoms with E-state index in [0.29, 0.717) is 6.42 Å². The van der Waals surface area contributed by atoms with E-state index in [-0.39, 0.29) is 12.5 Å². The molecule has 0 rings (SSSR count). The van der Waals surface area contributed by atoms with E-state index < -0.39 is 12.1 Å². The monoisotopic (exact) mass is 774 g/mol. The minimum Gasteiger partial charge on any atom is -0.394 e. The van der Waals surface area contributed by atoms with Crippen molar-refractivity contribution in [2.24, 2.45) is 0 Å². The number of rotatable bonds is 40. The van der Waals surface area contributed by atoms with Crippen LogP contribution in [0.4, 0.5) is 0 Å². The fourth-order valence-corrected chi connectivity index (χ4v) is 6.21. The van der Waals surface area contributed by atoms with Gasteiger partial charge in [0.15, 0.2) is 0 Å². The average molecular weight is 774 g/mol. The van der Waals surface area contributed by atoms with Crippen molar-refractivity contribution < 1.29 is 15.0 Å². The van der Waals surface area contributed by atoms with Gasteiger partial charge in [0.05, 0.1) is 18.8 Å². The van der Waals surface area contributed by atoms with Gasteiger partial charge in [-0.25, -0.2) is 0 Å². The van der Waals surface area contributed by atoms with E-state index in [1.165, 1.54) is 83.5 Å². The van der Waals surface area contributed by atoms with E-state index in [1.54, 1.807) is 6.08 Å². The topological polar surface area (TPSA) is 69.6 Å². The summed E-state index contributed by atoms with van der Waals surface area (Å²) in [4.78, 5) is 12.4. The van der Waals surface area contributed by atoms with Crippen molar-refractivity contribution in [1.82, 2.24) is 5.32 Å². The fourth-order valence-electron chi connectivity index (χ4n) is 6.21. The standard InChI is InChI=1S/C52H87NO3/c1-3-5-7-9-11-13-15-17-19-21-23-24-25-26-27-28-30-32-34-36-38-40-42-44-46-48-52(56)53-50(49-54)51(55)47-45-43-41-39-37-35-33-31-29-22-20-18-16-14-12-10-8-6-4-2/h5,7,11,13,17,19,23-24,26-27,29-32,37,39,45,47,50-51,54-55H,3-4,6,8-10,12,14-16,18,20-22,25,28,33-36,38,40-44,46,48-49H2,1-2H3,(H,53,56)/b7-5-,13-11-,19-17-,24-23-,27-26-,31-29+,32-30-,39-37+,47-45+. The van der Waals surface area contributed by atoms with Gasteiger partial charge in [-0.1, -0.05) is 200 Å². The Hall–Kier alpha value is -2.95. The number of allylic oxidation sites excluding steroid dienone is 17. The minimum atomic E-state index is -0.884. The third kappa shape index (κ3) is 42.2. The van der Waals surface area contributed by atoms with Gasteiger partial charge in [0.1, 0.15) is 0 Å². The Morgan fingerprint density at radius 1 is 0.446 bits per heavy atom. The van der Waals surface area contributed by atoms with Gasteiger partial charge in [-0.3, -0.25) is 4.79 Å². The molecule has 0 spiro atoms. The van der Waals surface area contributed by atoms with Crippen LogP contribution in [0.25, 0.3) is 0 Å². The summed E-state index contributed by atoms with van der Waals surface area (Å²) in [7, 11) is 0. The van der Waals surface area contributed by atoms with Crippen molar-refractivity contribution >= 4 is 5.91 Å². The smallest absolute Gasteiger partial charge is 0.220 e. The predicted molar refractivity (Wildman–Crippen MR) is 248 cm³/mol. The third-order valence-corrected chi connectivity index (χ3v) is 9.72. The molecule has 0 fully saturated rings. The third-order valence-electron chi connectivity index (χ3n) is 9.72. The van der Waals surface area contributed by atoms with Crippen LogP contribution in [-0.2, 0) is 4.79 Å². The molecule has 0 aliphatic heterocycles. The van der Waals surface area contributed by atoms with Gasteiger partial charge in [-0.05, 0) is 96.3 Å². The summed E-state index contributed by atoms with van der Waals surface area (Å²) in [6, 6.07) is -0.661. The Labute approximate surface area is 346 Å². The number of aliphatic hydroxyl groups is 2. The second-order valence-corrected chi connectivity index (χ2v) is 15.1. The van der Waals surface area contributed by atoms with Crippen LogP contribution in [0.1, 0.15) is 194 Å². The maximum absolute atomic E-state index is 12.4. The van der Waals surface area contributed by atoms with Crippen LogP contribution >= 0.6 is 0 Å². The van der Waals surface area contributed by atoms with Gasteiger partial charge < -0.3 is 15.5 Å². The van der Waals surface area contributed by atoms with Gasteiger partial charge in [0, 0.05) is 6.42 Å². The van der Waals surface area contributed by atoms with Crippen LogP contribution < -0.4 is 5.32 Å². The Balaban J connectivity index is 3.73. The zero-order chi connectivity index (χ0) is 40.7. The number of hydrogen-bond acceptors (Lipinski definition) is 3. The molecule has 0 saturated carbocycles. The minimum absolute atomic E-state index is 0.0979. The summed E-state index contributed by atoms with van der Waals surface area (Å²) >= 11 is 0. The van der Waals surface area contributed by atoms with Gasteiger partial charge in [-0.15, -0.1) is 0 Å². The average Bonchev–Trinajstić information content (AvgIpc) is 3.20. The first kappa shape index (κ1) is 53.1. The molecule has 0 saturated heterocycles. The van der Waals surface area contributed by atoms with Gasteiger partial charge in [0.2, 0.25) is 5.91 Å². The quantitative estimate of drug-likeness (QED) is 0.0429. The molecule has 318 valence electrons. The molecule has 0 heterocycles. The van der Waals surface area contributed by atoms with E-state index in [1.807, 2.05) is 6.08 Å². The lowest BCUT2D eigenvalue weighted by atomic mass is 10.1. The first-order chi connectivity index (χ1) is 27.7. The number of aliphatic hydroxyl groups excluding tert-OH is 2. The summed E-state index contributed by atoms with van der Waals surface area (Å²) in [6.07, 6.45) is 70.5. The molecule has 56 heavy (non-hydrogen) atoms. The highest BCUT2D eigenvalue weighted by molar-refractivity contribution is 5.76. The van der Waals surface area contributed by atoms with Crippen LogP contribution in [0.5, 0.6) is 0 Å². The molecule has 0 aliphatic rings. The molecule has 1 amide bonds. The zero-order valence-electron chi connectivity index (χ0n) is 36.4. The molecule has 2 unspecified atom stereocenters. The second-order valence-electron chi connectivity index (χ2n) is 15.1. The zero-order valence-corrected chi connectivity index (χ0v) is 36.4. The molecule has 0 bridgehead atoms. The molecule has 0 aromatic rings. The highest BCUT2D eigenvalue weighted by Crippen LogP contribution is 2.12. The lowest BCUT2D eigenvalue weighted by molar-refractivity contribution is -0.123. The first-order valence-electron chi connectivity index (χ1n) is 23.1. The van der Waals surface area contributed by atoms with Crippen molar-refractivity contribution in [2.45, 2.75) is 206 Å². The van der Waals surface area contributed by atoms with Crippen molar-refractivity contribution in [3.63, 3.8) is 0 Å². The van der Waals surface area contributed by atoms with E-state index in [0.717, 1.165) is 89.9 Å². The highest BCUT2D eigenvalue weighted by Gasteiger charge is 2.17. The normalized spacial score (nSPS) is 14.0. The molecule has 4 nitrogen and oxygen atoms in total. The maximum Gasteiger partial charge on any atom is 0.220 e. The van der Waals surface area contributed by atoms with Gasteiger partial charge in [0.25, 0.3) is 0 Å². The Bertz CT molecular complexity index is 1110. The molecule has 2 atom stereocenters. The van der Waals surface area contributed by atoms with Gasteiger partial charge in [-0.2, -0.15) is 0 Å². The van der Waals surface area contributed by atoms with E-state index in [9.17, 15) is 15.0 Å². The molecular weight excluding hydrogens is 687 g/mol. The number of carbonyl (C=O) groups is 1. The van der Waals surface area contributed by atoms with Gasteiger partial charge >= 0.3 is 0 Å². The predicted octanol–water partition coefficient (Wildman–Crippen LogP) is 14.8. The van der Waals surface area contributed by atoms with E-state index >= 15 is 0 Å². The number of hydrogen-bond donors (Lipinski definition) is 3. The largest absolute Gasteiger partial charge is 0.394 e. The van der Waals surface area contributed by atoms with Crippen LogP contribution in [0, 0.1) is 0 Å². The van der Waals surface area contributed by atoms with Crippen LogP contribution in [-0.4, -0.2) is 34.9 Å². The SMILES string of the molecule is CC/C=C\C/C=C\C/C=C\C/C=C\C/C=C\C/C=C\CCCCCCCCC(=O)NC(CO)C(O)/C=C/CC/C=C/CC/C=C/CCCCCCCCCCC. The summed E-state index contributed by atoms with van der Waals surface area (Å²) in [5.41, 5.74) is 0. The lowest BCUT2D eigenvalue weighted by Gasteiger charge is -2.19. The lowest BCUT2D eigenvalue weighted by Crippen LogP contribution is -2.45.